The van der Waals surface area contributed by atoms with Crippen molar-refractivity contribution in [2.75, 3.05) is 39.8 Å². The third-order valence-corrected chi connectivity index (χ3v) is 7.57. The summed E-state index contributed by atoms with van der Waals surface area (Å²) in [6.45, 7) is 0.377. The molecule has 2 heterocycles. The van der Waals surface area contributed by atoms with E-state index in [1.807, 2.05) is 6.20 Å². The highest BCUT2D eigenvalue weighted by Crippen LogP contribution is 2.42. The summed E-state index contributed by atoms with van der Waals surface area (Å²) >= 11 is 1.71. The molecule has 4 rings (SSSR count). The van der Waals surface area contributed by atoms with Gasteiger partial charge in [0.15, 0.2) is 5.60 Å². The number of ether oxygens (including phenoxy) is 3. The van der Waals surface area contributed by atoms with Crippen molar-refractivity contribution in [2.24, 2.45) is 11.8 Å². The molecule has 30 heavy (non-hydrogen) atoms. The minimum atomic E-state index is -0.925. The highest BCUT2D eigenvalue weighted by Gasteiger charge is 2.62. The zero-order chi connectivity index (χ0) is 21.1. The number of amides is 1. The van der Waals surface area contributed by atoms with E-state index >= 15 is 0 Å². The van der Waals surface area contributed by atoms with E-state index < -0.39 is 5.60 Å². The van der Waals surface area contributed by atoms with Crippen LogP contribution in [0.15, 0.2) is 12.3 Å². The van der Waals surface area contributed by atoms with Crippen LogP contribution in [0.4, 0.5) is 0 Å². The van der Waals surface area contributed by atoms with Crippen molar-refractivity contribution in [1.82, 2.24) is 9.88 Å². The topological polar surface area (TPSA) is 60.9 Å². The number of fused-ring (bicyclic) bond motifs is 1. The van der Waals surface area contributed by atoms with Gasteiger partial charge in [0.2, 0.25) is 0 Å². The van der Waals surface area contributed by atoms with Crippen LogP contribution < -0.4 is 0 Å². The van der Waals surface area contributed by atoms with Gasteiger partial charge in [-0.1, -0.05) is 19.3 Å². The number of aromatic nitrogens is 1. The predicted molar refractivity (Wildman–Crippen MR) is 117 cm³/mol. The Bertz CT molecular complexity index is 757. The largest absolute Gasteiger partial charge is 0.364 e. The Morgan fingerprint density at radius 2 is 2.00 bits per heavy atom. The Labute approximate surface area is 184 Å². The van der Waals surface area contributed by atoms with Crippen molar-refractivity contribution in [3.63, 3.8) is 0 Å². The fourth-order valence-electron chi connectivity index (χ4n) is 5.13. The molecule has 0 bridgehead atoms. The second-order valence-electron chi connectivity index (χ2n) is 8.97. The van der Waals surface area contributed by atoms with Crippen LogP contribution in [0.3, 0.4) is 0 Å². The number of methoxy groups -OCH3 is 2. The lowest BCUT2D eigenvalue weighted by atomic mass is 9.78. The van der Waals surface area contributed by atoms with Crippen LogP contribution in [0.2, 0.25) is 0 Å². The van der Waals surface area contributed by atoms with Gasteiger partial charge in [-0.15, -0.1) is 0 Å². The maximum Gasteiger partial charge on any atom is 0.259 e. The molecule has 0 spiro atoms. The van der Waals surface area contributed by atoms with Gasteiger partial charge in [-0.2, -0.15) is 11.8 Å². The maximum atomic E-state index is 13.2. The minimum absolute atomic E-state index is 0.0249. The van der Waals surface area contributed by atoms with E-state index in [0.29, 0.717) is 12.3 Å². The SMILES string of the molecule is COCO[C@@]1(Cc2nccc3c2C[C@@H](CCC2CC2)C3)C(=O)N(COC)[C@H]1CSC. The number of thioether (sulfide) groups is 1. The van der Waals surface area contributed by atoms with Crippen molar-refractivity contribution >= 4 is 17.7 Å². The van der Waals surface area contributed by atoms with Crippen LogP contribution in [-0.2, 0) is 38.3 Å². The quantitative estimate of drug-likeness (QED) is 0.372. The second-order valence-corrected chi connectivity index (χ2v) is 9.88. The molecule has 1 aromatic heterocycles. The molecule has 3 aliphatic rings. The van der Waals surface area contributed by atoms with E-state index in [4.69, 9.17) is 19.2 Å². The highest BCUT2D eigenvalue weighted by atomic mass is 32.2. The van der Waals surface area contributed by atoms with Crippen LogP contribution in [0.25, 0.3) is 0 Å². The molecule has 6 nitrogen and oxygen atoms in total. The maximum absolute atomic E-state index is 13.2. The lowest BCUT2D eigenvalue weighted by molar-refractivity contribution is -0.229. The first-order valence-electron chi connectivity index (χ1n) is 11.0. The molecule has 1 saturated heterocycles. The average Bonchev–Trinajstić information content (AvgIpc) is 3.49. The molecule has 2 fully saturated rings. The van der Waals surface area contributed by atoms with Crippen LogP contribution in [0.5, 0.6) is 0 Å². The van der Waals surface area contributed by atoms with Gasteiger partial charge in [0.1, 0.15) is 13.5 Å². The zero-order valence-corrected chi connectivity index (χ0v) is 19.2. The molecule has 1 aromatic rings. The first-order chi connectivity index (χ1) is 14.6. The summed E-state index contributed by atoms with van der Waals surface area (Å²) in [7, 11) is 3.21. The molecule has 0 aromatic carbocycles. The van der Waals surface area contributed by atoms with Crippen molar-refractivity contribution < 1.29 is 19.0 Å². The van der Waals surface area contributed by atoms with Crippen molar-refractivity contribution in [3.05, 3.63) is 29.1 Å². The van der Waals surface area contributed by atoms with Gasteiger partial charge in [0, 0.05) is 38.3 Å². The Kier molecular flexibility index (Phi) is 7.02. The van der Waals surface area contributed by atoms with E-state index in [1.165, 1.54) is 36.8 Å². The number of β-lactam (4-membered cyclic amide) rings is 1. The monoisotopic (exact) mass is 434 g/mol. The molecule has 0 N–H and O–H groups in total. The average molecular weight is 435 g/mol. The number of carbonyl (C=O) groups excluding carboxylic acids is 1. The Balaban J connectivity index is 1.54. The van der Waals surface area contributed by atoms with Crippen LogP contribution in [0, 0.1) is 11.8 Å². The zero-order valence-electron chi connectivity index (χ0n) is 18.4. The molecule has 1 saturated carbocycles. The molecule has 7 heteroatoms. The molecule has 1 aliphatic heterocycles. The molecule has 166 valence electrons. The van der Waals surface area contributed by atoms with E-state index in [9.17, 15) is 4.79 Å². The number of pyridine rings is 1. The van der Waals surface area contributed by atoms with Crippen molar-refractivity contribution in [3.8, 4) is 0 Å². The smallest absolute Gasteiger partial charge is 0.259 e. The molecule has 1 amide bonds. The first-order valence-corrected chi connectivity index (χ1v) is 12.4. The number of hydrogen-bond acceptors (Lipinski definition) is 6. The van der Waals surface area contributed by atoms with Crippen LogP contribution >= 0.6 is 11.8 Å². The number of likely N-dealkylation sites (tertiary alicyclic amines) is 1. The molecular weight excluding hydrogens is 400 g/mol. The third kappa shape index (κ3) is 4.27. The van der Waals surface area contributed by atoms with Crippen molar-refractivity contribution in [1.29, 1.82) is 0 Å². The van der Waals surface area contributed by atoms with Gasteiger partial charge in [-0.25, -0.2) is 0 Å². The summed E-state index contributed by atoms with van der Waals surface area (Å²) < 4.78 is 16.6. The normalized spacial score (nSPS) is 28.0. The summed E-state index contributed by atoms with van der Waals surface area (Å²) in [5.74, 6) is 2.45. The first kappa shape index (κ1) is 22.1. The lowest BCUT2D eigenvalue weighted by Crippen LogP contribution is -2.77. The lowest BCUT2D eigenvalue weighted by Gasteiger charge is -2.54. The Hall–Kier alpha value is -1.15. The summed E-state index contributed by atoms with van der Waals surface area (Å²) in [6, 6.07) is 2.11. The fourth-order valence-corrected chi connectivity index (χ4v) is 5.89. The molecule has 0 radical (unpaired) electrons. The summed E-state index contributed by atoms with van der Waals surface area (Å²) in [5, 5.41) is 0. The van der Waals surface area contributed by atoms with Gasteiger partial charge < -0.3 is 19.1 Å². The number of hydrogen-bond donors (Lipinski definition) is 0. The molecular formula is C23H34N2O4S. The number of carbonyl (C=O) groups is 1. The summed E-state index contributed by atoms with van der Waals surface area (Å²) in [6.07, 6.45) is 12.2. The molecule has 3 atom stereocenters. The van der Waals surface area contributed by atoms with E-state index in [-0.39, 0.29) is 25.5 Å². The summed E-state index contributed by atoms with van der Waals surface area (Å²) in [4.78, 5) is 19.8. The van der Waals surface area contributed by atoms with Crippen LogP contribution in [-0.4, -0.2) is 67.2 Å². The van der Waals surface area contributed by atoms with Gasteiger partial charge in [-0.3, -0.25) is 9.78 Å². The van der Waals surface area contributed by atoms with E-state index in [1.54, 1.807) is 30.9 Å². The van der Waals surface area contributed by atoms with E-state index in [0.717, 1.165) is 30.2 Å². The number of nitrogens with zero attached hydrogens (tertiary/aromatic N) is 2. The third-order valence-electron chi connectivity index (χ3n) is 6.92. The Morgan fingerprint density at radius 1 is 1.20 bits per heavy atom. The van der Waals surface area contributed by atoms with E-state index in [2.05, 4.69) is 12.3 Å². The van der Waals surface area contributed by atoms with Gasteiger partial charge in [0.05, 0.1) is 6.04 Å². The van der Waals surface area contributed by atoms with Gasteiger partial charge in [0.25, 0.3) is 5.91 Å². The highest BCUT2D eigenvalue weighted by molar-refractivity contribution is 7.98. The van der Waals surface area contributed by atoms with Crippen LogP contribution in [0.1, 0.15) is 42.5 Å². The minimum Gasteiger partial charge on any atom is -0.364 e. The standard InChI is InChI=1S/C23H34N2O4S/c1-27-14-25-21(13-30-3)23(22(25)26,29-15-28-2)12-20-19-11-17(7-6-16-4-5-16)10-18(19)8-9-24-20/h8-9,16-17,21H,4-7,10-15H2,1-3H3/t17-,21-,23+/m0/s1. The van der Waals surface area contributed by atoms with Gasteiger partial charge >= 0.3 is 0 Å². The number of rotatable bonds is 12. The fraction of sp³-hybridized carbons (Fsp3) is 0.739. The summed E-state index contributed by atoms with van der Waals surface area (Å²) in [5.41, 5.74) is 2.85. The molecule has 2 aliphatic carbocycles. The van der Waals surface area contributed by atoms with Crippen molar-refractivity contribution in [2.45, 2.75) is 56.6 Å². The second kappa shape index (κ2) is 9.55. The molecule has 0 unspecified atom stereocenters. The Morgan fingerprint density at radius 3 is 2.70 bits per heavy atom. The van der Waals surface area contributed by atoms with Gasteiger partial charge in [-0.05, 0) is 54.5 Å². The predicted octanol–water partition coefficient (Wildman–Crippen LogP) is 3.07.